The fourth-order valence-corrected chi connectivity index (χ4v) is 3.93. The van der Waals surface area contributed by atoms with Crippen molar-refractivity contribution in [1.29, 1.82) is 0 Å². The molecule has 170 valence electrons. The standard InChI is InChI=1S/C21H32F2N4O2.HI/c1-4-24-21(27-10-12-29-19(14-27)18-9-6-11-28-18)25-13-17(26(2)3)20-15(22)7-5-8-16(20)23;/h5,7-8,17-19H,4,6,9-14H2,1-3H3,(H,24,25);1H. The van der Waals surface area contributed by atoms with Crippen LogP contribution in [0.3, 0.4) is 0 Å². The Balaban J connectivity index is 0.00000320. The third-order valence-corrected chi connectivity index (χ3v) is 5.48. The van der Waals surface area contributed by atoms with E-state index >= 15 is 0 Å². The summed E-state index contributed by atoms with van der Waals surface area (Å²) in [5.41, 5.74) is 0.0521. The minimum atomic E-state index is -0.547. The molecule has 30 heavy (non-hydrogen) atoms. The van der Waals surface area contributed by atoms with Crippen LogP contribution in [0, 0.1) is 11.6 Å². The average molecular weight is 538 g/mol. The number of benzene rings is 1. The number of nitrogens with zero attached hydrogens (tertiary/aromatic N) is 3. The van der Waals surface area contributed by atoms with Crippen molar-refractivity contribution in [3.8, 4) is 0 Å². The molecule has 2 heterocycles. The van der Waals surface area contributed by atoms with Crippen molar-refractivity contribution in [3.63, 3.8) is 0 Å². The molecule has 3 atom stereocenters. The third-order valence-electron chi connectivity index (χ3n) is 5.48. The lowest BCUT2D eigenvalue weighted by Crippen LogP contribution is -2.53. The van der Waals surface area contributed by atoms with Crippen LogP contribution in [0.15, 0.2) is 23.2 Å². The topological polar surface area (TPSA) is 49.3 Å². The average Bonchev–Trinajstić information content (AvgIpc) is 3.24. The number of likely N-dealkylation sites (N-methyl/N-ethyl adjacent to an activating group) is 1. The first kappa shape index (κ1) is 25.2. The van der Waals surface area contributed by atoms with Crippen LogP contribution in [0.5, 0.6) is 0 Å². The van der Waals surface area contributed by atoms with Crippen LogP contribution < -0.4 is 5.32 Å². The lowest BCUT2D eigenvalue weighted by atomic mass is 10.0. The van der Waals surface area contributed by atoms with Gasteiger partial charge in [-0.1, -0.05) is 6.07 Å². The van der Waals surface area contributed by atoms with Gasteiger partial charge in [0.2, 0.25) is 0 Å². The van der Waals surface area contributed by atoms with Gasteiger partial charge in [0.1, 0.15) is 17.7 Å². The monoisotopic (exact) mass is 538 g/mol. The summed E-state index contributed by atoms with van der Waals surface area (Å²) in [6.07, 6.45) is 2.23. The number of hydrogen-bond donors (Lipinski definition) is 1. The number of ether oxygens (including phenoxy) is 2. The van der Waals surface area contributed by atoms with Crippen molar-refractivity contribution >= 4 is 29.9 Å². The van der Waals surface area contributed by atoms with Crippen molar-refractivity contribution in [3.05, 3.63) is 35.4 Å². The second-order valence-corrected chi connectivity index (χ2v) is 7.72. The number of rotatable bonds is 6. The maximum absolute atomic E-state index is 14.3. The number of halogens is 3. The first-order valence-corrected chi connectivity index (χ1v) is 10.4. The molecule has 2 aliphatic heterocycles. The van der Waals surface area contributed by atoms with Gasteiger partial charge in [0.05, 0.1) is 25.3 Å². The molecule has 0 bridgehead atoms. The van der Waals surface area contributed by atoms with E-state index in [2.05, 4.69) is 10.2 Å². The van der Waals surface area contributed by atoms with E-state index in [1.54, 1.807) is 19.0 Å². The summed E-state index contributed by atoms with van der Waals surface area (Å²) in [5.74, 6) is -0.357. The highest BCUT2D eigenvalue weighted by Gasteiger charge is 2.32. The molecule has 1 N–H and O–H groups in total. The Morgan fingerprint density at radius 2 is 1.93 bits per heavy atom. The minimum absolute atomic E-state index is 0. The molecule has 3 unspecified atom stereocenters. The Morgan fingerprint density at radius 3 is 2.53 bits per heavy atom. The van der Waals surface area contributed by atoms with Crippen molar-refractivity contribution in [2.45, 2.75) is 38.0 Å². The zero-order valence-electron chi connectivity index (χ0n) is 17.9. The summed E-state index contributed by atoms with van der Waals surface area (Å²) >= 11 is 0. The molecule has 3 rings (SSSR count). The largest absolute Gasteiger partial charge is 0.375 e. The molecule has 2 saturated heterocycles. The van der Waals surface area contributed by atoms with Gasteiger partial charge in [-0.3, -0.25) is 4.99 Å². The van der Waals surface area contributed by atoms with E-state index < -0.39 is 17.7 Å². The quantitative estimate of drug-likeness (QED) is 0.343. The fraction of sp³-hybridized carbons (Fsp3) is 0.667. The fourth-order valence-electron chi connectivity index (χ4n) is 3.93. The molecule has 0 radical (unpaired) electrons. The maximum atomic E-state index is 14.3. The Morgan fingerprint density at radius 1 is 1.23 bits per heavy atom. The van der Waals surface area contributed by atoms with Gasteiger partial charge in [0.25, 0.3) is 0 Å². The number of guanidine groups is 1. The van der Waals surface area contributed by atoms with Gasteiger partial charge in [-0.25, -0.2) is 8.78 Å². The highest BCUT2D eigenvalue weighted by Crippen LogP contribution is 2.25. The summed E-state index contributed by atoms with van der Waals surface area (Å²) in [4.78, 5) is 8.69. The van der Waals surface area contributed by atoms with Crippen LogP contribution in [-0.4, -0.2) is 81.5 Å². The molecule has 9 heteroatoms. The molecule has 2 fully saturated rings. The SMILES string of the molecule is CCNC(=NCC(c1c(F)cccc1F)N(C)C)N1CCOC(C2CCCO2)C1.I. The summed E-state index contributed by atoms with van der Waals surface area (Å²) in [6, 6.07) is 3.46. The first-order chi connectivity index (χ1) is 14.0. The van der Waals surface area contributed by atoms with Crippen molar-refractivity contribution in [1.82, 2.24) is 15.1 Å². The molecule has 2 aliphatic rings. The summed E-state index contributed by atoms with van der Waals surface area (Å²) < 4.78 is 40.4. The molecule has 0 aliphatic carbocycles. The molecule has 0 saturated carbocycles. The van der Waals surface area contributed by atoms with Crippen molar-refractivity contribution in [2.24, 2.45) is 4.99 Å². The minimum Gasteiger partial charge on any atom is -0.375 e. The van der Waals surface area contributed by atoms with Gasteiger partial charge >= 0.3 is 0 Å². The Labute approximate surface area is 195 Å². The Hall–Kier alpha value is -1.04. The smallest absolute Gasteiger partial charge is 0.194 e. The van der Waals surface area contributed by atoms with E-state index in [1.165, 1.54) is 18.2 Å². The molecule has 0 spiro atoms. The van der Waals surface area contributed by atoms with Crippen LogP contribution in [-0.2, 0) is 9.47 Å². The van der Waals surface area contributed by atoms with Crippen LogP contribution in [0.1, 0.15) is 31.4 Å². The van der Waals surface area contributed by atoms with E-state index in [9.17, 15) is 8.78 Å². The molecule has 0 amide bonds. The summed E-state index contributed by atoms with van der Waals surface area (Å²) in [7, 11) is 3.61. The third kappa shape index (κ3) is 6.24. The molecule has 6 nitrogen and oxygen atoms in total. The number of hydrogen-bond acceptors (Lipinski definition) is 4. The molecule has 0 aromatic heterocycles. The van der Waals surface area contributed by atoms with Gasteiger partial charge in [-0.15, -0.1) is 24.0 Å². The van der Waals surface area contributed by atoms with Crippen LogP contribution in [0.25, 0.3) is 0 Å². The predicted molar refractivity (Wildman–Crippen MR) is 124 cm³/mol. The van der Waals surface area contributed by atoms with E-state index in [4.69, 9.17) is 14.5 Å². The van der Waals surface area contributed by atoms with Crippen LogP contribution >= 0.6 is 24.0 Å². The molecule has 1 aromatic carbocycles. The van der Waals surface area contributed by atoms with Gasteiger partial charge in [-0.2, -0.15) is 0 Å². The van der Waals surface area contributed by atoms with Gasteiger partial charge in [0, 0.05) is 31.8 Å². The van der Waals surface area contributed by atoms with Gasteiger partial charge in [-0.05, 0) is 46.0 Å². The van der Waals surface area contributed by atoms with Crippen molar-refractivity contribution in [2.75, 3.05) is 53.5 Å². The van der Waals surface area contributed by atoms with Crippen molar-refractivity contribution < 1.29 is 18.3 Å². The van der Waals surface area contributed by atoms with Gasteiger partial charge < -0.3 is 24.6 Å². The van der Waals surface area contributed by atoms with Gasteiger partial charge in [0.15, 0.2) is 5.96 Å². The molecule has 1 aromatic rings. The second kappa shape index (κ2) is 12.1. The summed E-state index contributed by atoms with van der Waals surface area (Å²) in [6.45, 7) is 5.77. The molecular formula is C21H33F2IN4O2. The number of morpholine rings is 1. The predicted octanol–water partition coefficient (Wildman–Crippen LogP) is 3.03. The highest BCUT2D eigenvalue weighted by atomic mass is 127. The highest BCUT2D eigenvalue weighted by molar-refractivity contribution is 14.0. The lowest BCUT2D eigenvalue weighted by molar-refractivity contribution is -0.0817. The zero-order chi connectivity index (χ0) is 20.8. The number of nitrogens with one attached hydrogen (secondary N) is 1. The molecular weight excluding hydrogens is 505 g/mol. The Kier molecular flexibility index (Phi) is 10.2. The van der Waals surface area contributed by atoms with E-state index in [-0.39, 0.29) is 48.3 Å². The van der Waals surface area contributed by atoms with E-state index in [0.717, 1.165) is 32.0 Å². The lowest BCUT2D eigenvalue weighted by Gasteiger charge is -2.37. The van der Waals surface area contributed by atoms with E-state index in [1.807, 2.05) is 6.92 Å². The van der Waals surface area contributed by atoms with Crippen LogP contribution in [0.4, 0.5) is 8.78 Å². The Bertz CT molecular complexity index is 681. The first-order valence-electron chi connectivity index (χ1n) is 10.4. The van der Waals surface area contributed by atoms with E-state index in [0.29, 0.717) is 19.7 Å². The zero-order valence-corrected chi connectivity index (χ0v) is 20.3. The normalized spacial score (nSPS) is 23.4. The van der Waals surface area contributed by atoms with Crippen LogP contribution in [0.2, 0.25) is 0 Å². The number of aliphatic imine (C=N–C) groups is 1. The second-order valence-electron chi connectivity index (χ2n) is 7.72. The maximum Gasteiger partial charge on any atom is 0.194 e. The summed E-state index contributed by atoms with van der Waals surface area (Å²) in [5, 5.41) is 3.31.